The zero-order valence-electron chi connectivity index (χ0n) is 22.9. The van der Waals surface area contributed by atoms with Crippen molar-refractivity contribution in [2.45, 2.75) is 128 Å². The second-order valence-electron chi connectivity index (χ2n) is 11.1. The standard InChI is InChI=1S/C28H56NO4P/c1-5-6-7-8-9-10-11-12-13-14-15-16-17-18-19-20-21-22-23-24-25-26-28(30,34(31,32)33)27-29(2,3)4/h9-10,17-18,30H,5-8,11-16,19-27H2,1-4H3,(H-,31,32,33)/p+1/b10-9-,18-17-. The summed E-state index contributed by atoms with van der Waals surface area (Å²) in [6, 6.07) is 0. The van der Waals surface area contributed by atoms with Gasteiger partial charge in [-0.05, 0) is 64.2 Å². The Balaban J connectivity index is 3.60. The lowest BCUT2D eigenvalue weighted by Gasteiger charge is -2.35. The van der Waals surface area contributed by atoms with E-state index in [0.717, 1.165) is 25.7 Å². The highest BCUT2D eigenvalue weighted by molar-refractivity contribution is 7.53. The Kier molecular flexibility index (Phi) is 19.4. The Morgan fingerprint density at radius 1 is 0.647 bits per heavy atom. The average molecular weight is 503 g/mol. The van der Waals surface area contributed by atoms with E-state index in [9.17, 15) is 19.5 Å². The van der Waals surface area contributed by atoms with Gasteiger partial charge in [0.05, 0.1) is 21.1 Å². The van der Waals surface area contributed by atoms with Gasteiger partial charge in [-0.1, -0.05) is 82.6 Å². The van der Waals surface area contributed by atoms with Gasteiger partial charge in [0.2, 0.25) is 5.34 Å². The number of quaternary nitrogens is 1. The SMILES string of the molecule is CCCCC/C=C\CCCCCC/C=C\CCCCCCCCC(O)(C[N+](C)(C)C)P(=O)(O)O. The molecule has 0 fully saturated rings. The molecule has 0 aromatic carbocycles. The molecule has 0 rings (SSSR count). The fraction of sp³-hybridized carbons (Fsp3) is 0.857. The minimum Gasteiger partial charge on any atom is -0.373 e. The van der Waals surface area contributed by atoms with E-state index in [2.05, 4.69) is 31.2 Å². The van der Waals surface area contributed by atoms with Gasteiger partial charge in [0.15, 0.2) is 0 Å². The van der Waals surface area contributed by atoms with Gasteiger partial charge in [-0.3, -0.25) is 4.57 Å². The lowest BCUT2D eigenvalue weighted by atomic mass is 10.0. The number of nitrogens with zero attached hydrogens (tertiary/aromatic N) is 1. The number of hydrogen-bond donors (Lipinski definition) is 3. The molecule has 6 heteroatoms. The smallest absolute Gasteiger partial charge is 0.362 e. The van der Waals surface area contributed by atoms with E-state index in [1.54, 1.807) is 0 Å². The van der Waals surface area contributed by atoms with Gasteiger partial charge in [0, 0.05) is 0 Å². The molecular weight excluding hydrogens is 445 g/mol. The number of hydrogen-bond acceptors (Lipinski definition) is 2. The van der Waals surface area contributed by atoms with Gasteiger partial charge in [-0.15, -0.1) is 0 Å². The summed E-state index contributed by atoms with van der Waals surface area (Å²) < 4.78 is 12.1. The Morgan fingerprint density at radius 2 is 1.00 bits per heavy atom. The molecule has 1 unspecified atom stereocenters. The summed E-state index contributed by atoms with van der Waals surface area (Å²) in [7, 11) is 0.964. The Hall–Kier alpha value is -0.450. The van der Waals surface area contributed by atoms with Crippen molar-refractivity contribution in [2.24, 2.45) is 0 Å². The molecule has 0 heterocycles. The molecule has 0 spiro atoms. The predicted molar refractivity (Wildman–Crippen MR) is 147 cm³/mol. The van der Waals surface area contributed by atoms with Crippen LogP contribution in [-0.4, -0.2) is 52.4 Å². The maximum Gasteiger partial charge on any atom is 0.362 e. The number of likely N-dealkylation sites (N-methyl/N-ethyl adjacent to an activating group) is 1. The first kappa shape index (κ1) is 33.5. The van der Waals surface area contributed by atoms with Crippen LogP contribution in [0.25, 0.3) is 0 Å². The van der Waals surface area contributed by atoms with Crippen molar-refractivity contribution in [1.29, 1.82) is 0 Å². The van der Waals surface area contributed by atoms with Crippen LogP contribution in [-0.2, 0) is 4.57 Å². The van der Waals surface area contributed by atoms with Crippen molar-refractivity contribution in [3.8, 4) is 0 Å². The van der Waals surface area contributed by atoms with E-state index >= 15 is 0 Å². The summed E-state index contributed by atoms with van der Waals surface area (Å²) in [5.74, 6) is 0. The molecule has 1 atom stereocenters. The van der Waals surface area contributed by atoms with Crippen molar-refractivity contribution in [3.05, 3.63) is 24.3 Å². The second-order valence-corrected chi connectivity index (χ2v) is 13.0. The summed E-state index contributed by atoms with van der Waals surface area (Å²) in [4.78, 5) is 19.2. The summed E-state index contributed by atoms with van der Waals surface area (Å²) in [5.41, 5.74) is 0. The fourth-order valence-electron chi connectivity index (χ4n) is 4.32. The Labute approximate surface area is 211 Å². The molecule has 202 valence electrons. The molecule has 0 aliphatic carbocycles. The number of unbranched alkanes of at least 4 members (excludes halogenated alkanes) is 14. The molecule has 5 nitrogen and oxygen atoms in total. The largest absolute Gasteiger partial charge is 0.373 e. The van der Waals surface area contributed by atoms with E-state index < -0.39 is 12.9 Å². The van der Waals surface area contributed by atoms with E-state index in [1.807, 2.05) is 21.1 Å². The third-order valence-corrected chi connectivity index (χ3v) is 7.72. The van der Waals surface area contributed by atoms with E-state index in [4.69, 9.17) is 0 Å². The van der Waals surface area contributed by atoms with Gasteiger partial charge in [-0.2, -0.15) is 0 Å². The van der Waals surface area contributed by atoms with Crippen molar-refractivity contribution in [2.75, 3.05) is 27.7 Å². The molecule has 0 saturated heterocycles. The van der Waals surface area contributed by atoms with Crippen molar-refractivity contribution in [3.63, 3.8) is 0 Å². The van der Waals surface area contributed by atoms with Crippen LogP contribution in [0.3, 0.4) is 0 Å². The van der Waals surface area contributed by atoms with Crippen LogP contribution in [0.2, 0.25) is 0 Å². The molecule has 3 N–H and O–H groups in total. The number of aliphatic hydroxyl groups is 1. The molecular formula is C28H57NO4P+. The van der Waals surface area contributed by atoms with E-state index in [0.29, 0.717) is 10.9 Å². The quantitative estimate of drug-likeness (QED) is 0.0578. The first-order valence-corrected chi connectivity index (χ1v) is 15.5. The van der Waals surface area contributed by atoms with Crippen LogP contribution in [0.5, 0.6) is 0 Å². The minimum absolute atomic E-state index is 0.0557. The van der Waals surface area contributed by atoms with Gasteiger partial charge in [0.25, 0.3) is 0 Å². The van der Waals surface area contributed by atoms with Crippen molar-refractivity contribution >= 4 is 7.60 Å². The molecule has 0 radical (unpaired) electrons. The highest BCUT2D eigenvalue weighted by atomic mass is 31.2. The monoisotopic (exact) mass is 502 g/mol. The maximum atomic E-state index is 11.8. The van der Waals surface area contributed by atoms with Gasteiger partial charge < -0.3 is 19.4 Å². The zero-order valence-corrected chi connectivity index (χ0v) is 23.8. The van der Waals surface area contributed by atoms with Crippen LogP contribution in [0.15, 0.2) is 24.3 Å². The fourth-order valence-corrected chi connectivity index (χ4v) is 5.37. The summed E-state index contributed by atoms with van der Waals surface area (Å²) in [6.07, 6.45) is 29.8. The lowest BCUT2D eigenvalue weighted by molar-refractivity contribution is -0.875. The molecule has 0 bridgehead atoms. The predicted octanol–water partition coefficient (Wildman–Crippen LogP) is 7.71. The molecule has 0 aromatic heterocycles. The molecule has 0 aliphatic heterocycles. The van der Waals surface area contributed by atoms with Gasteiger partial charge in [0.1, 0.15) is 6.54 Å². The zero-order chi connectivity index (χ0) is 25.8. The first-order valence-electron chi connectivity index (χ1n) is 13.9. The number of rotatable bonds is 23. The van der Waals surface area contributed by atoms with Gasteiger partial charge >= 0.3 is 7.60 Å². The molecule has 0 amide bonds. The summed E-state index contributed by atoms with van der Waals surface area (Å²) >= 11 is 0. The van der Waals surface area contributed by atoms with E-state index in [1.165, 1.54) is 77.0 Å². The van der Waals surface area contributed by atoms with Crippen molar-refractivity contribution < 1.29 is 23.9 Å². The summed E-state index contributed by atoms with van der Waals surface area (Å²) in [5, 5.41) is 8.64. The molecule has 0 saturated carbocycles. The highest BCUT2D eigenvalue weighted by Crippen LogP contribution is 2.52. The maximum absolute atomic E-state index is 11.8. The average Bonchev–Trinajstić information content (AvgIpc) is 2.73. The normalized spacial score (nSPS) is 14.9. The second kappa shape index (κ2) is 19.7. The van der Waals surface area contributed by atoms with Crippen LogP contribution in [0.1, 0.15) is 122 Å². The highest BCUT2D eigenvalue weighted by Gasteiger charge is 2.48. The van der Waals surface area contributed by atoms with Crippen LogP contribution in [0.4, 0.5) is 0 Å². The lowest BCUT2D eigenvalue weighted by Crippen LogP contribution is -2.49. The third kappa shape index (κ3) is 19.8. The van der Waals surface area contributed by atoms with Gasteiger partial charge in [-0.25, -0.2) is 0 Å². The topological polar surface area (TPSA) is 77.8 Å². The number of allylic oxidation sites excluding steroid dienone is 4. The molecule has 0 aromatic rings. The van der Waals surface area contributed by atoms with E-state index in [-0.39, 0.29) is 13.0 Å². The minimum atomic E-state index is -4.55. The summed E-state index contributed by atoms with van der Waals surface area (Å²) in [6.45, 7) is 2.31. The Bertz CT molecular complexity index is 579. The third-order valence-electron chi connectivity index (χ3n) is 6.27. The first-order chi connectivity index (χ1) is 16.0. The molecule has 34 heavy (non-hydrogen) atoms. The van der Waals surface area contributed by atoms with Crippen LogP contribution >= 0.6 is 7.60 Å². The molecule has 0 aliphatic rings. The van der Waals surface area contributed by atoms with Crippen molar-refractivity contribution in [1.82, 2.24) is 0 Å². The van der Waals surface area contributed by atoms with Crippen LogP contribution in [0, 0.1) is 0 Å². The Morgan fingerprint density at radius 3 is 1.35 bits per heavy atom. The van der Waals surface area contributed by atoms with Crippen LogP contribution < -0.4 is 0 Å².